The molecule has 0 spiro atoms. The van der Waals surface area contributed by atoms with Crippen molar-refractivity contribution in [1.82, 2.24) is 4.72 Å². The smallest absolute Gasteiger partial charge is 0.244 e. The standard InChI is InChI=1S/C17H18FNO3S/c1-22-15-4-2-3-5-16(15)23(20,21)19-12-17(10-11-17)13-6-8-14(18)9-7-13/h2-9,19H,10-12H2,1H3. The number of para-hydroxylation sites is 1. The number of hydrogen-bond acceptors (Lipinski definition) is 3. The van der Waals surface area contributed by atoms with Gasteiger partial charge in [-0.3, -0.25) is 0 Å². The molecular weight excluding hydrogens is 317 g/mol. The first-order valence-electron chi connectivity index (χ1n) is 7.36. The number of nitrogens with one attached hydrogen (secondary N) is 1. The maximum Gasteiger partial charge on any atom is 0.244 e. The minimum atomic E-state index is -3.66. The average molecular weight is 335 g/mol. The van der Waals surface area contributed by atoms with E-state index in [2.05, 4.69) is 4.72 Å². The van der Waals surface area contributed by atoms with E-state index < -0.39 is 10.0 Å². The van der Waals surface area contributed by atoms with Gasteiger partial charge in [-0.25, -0.2) is 17.5 Å². The van der Waals surface area contributed by atoms with Crippen LogP contribution < -0.4 is 9.46 Å². The molecule has 1 fully saturated rings. The van der Waals surface area contributed by atoms with Crippen molar-refractivity contribution in [1.29, 1.82) is 0 Å². The van der Waals surface area contributed by atoms with Crippen molar-refractivity contribution in [3.63, 3.8) is 0 Å². The summed E-state index contributed by atoms with van der Waals surface area (Å²) in [5, 5.41) is 0. The number of benzene rings is 2. The molecule has 1 aliphatic rings. The van der Waals surface area contributed by atoms with Gasteiger partial charge in [-0.05, 0) is 42.7 Å². The van der Waals surface area contributed by atoms with Crippen LogP contribution in [0.15, 0.2) is 53.4 Å². The summed E-state index contributed by atoms with van der Waals surface area (Å²) in [7, 11) is -2.22. The molecule has 0 aromatic heterocycles. The molecule has 1 aliphatic carbocycles. The first-order chi connectivity index (χ1) is 11.0. The SMILES string of the molecule is COc1ccccc1S(=O)(=O)NCC1(c2ccc(F)cc2)CC1. The molecule has 0 heterocycles. The number of methoxy groups -OCH3 is 1. The van der Waals surface area contributed by atoms with Crippen molar-refractivity contribution < 1.29 is 17.5 Å². The quantitative estimate of drug-likeness (QED) is 0.883. The highest BCUT2D eigenvalue weighted by molar-refractivity contribution is 7.89. The minimum Gasteiger partial charge on any atom is -0.495 e. The molecule has 0 atom stereocenters. The molecular formula is C17H18FNO3S. The molecule has 1 saturated carbocycles. The normalized spacial score (nSPS) is 16.1. The average Bonchev–Trinajstić information content (AvgIpc) is 3.35. The molecule has 0 amide bonds. The largest absolute Gasteiger partial charge is 0.495 e. The van der Waals surface area contributed by atoms with E-state index >= 15 is 0 Å². The predicted molar refractivity (Wildman–Crippen MR) is 85.5 cm³/mol. The monoisotopic (exact) mass is 335 g/mol. The highest BCUT2D eigenvalue weighted by Gasteiger charge is 2.44. The third kappa shape index (κ3) is 3.23. The number of ether oxygens (including phenoxy) is 1. The molecule has 2 aromatic rings. The molecule has 0 bridgehead atoms. The van der Waals surface area contributed by atoms with Crippen molar-refractivity contribution in [3.05, 3.63) is 59.9 Å². The van der Waals surface area contributed by atoms with Crippen LogP contribution in [0, 0.1) is 5.82 Å². The Kier molecular flexibility index (Phi) is 4.12. The van der Waals surface area contributed by atoms with Gasteiger partial charge in [0.05, 0.1) is 7.11 Å². The van der Waals surface area contributed by atoms with Crippen LogP contribution in [-0.4, -0.2) is 22.1 Å². The molecule has 122 valence electrons. The van der Waals surface area contributed by atoms with Gasteiger partial charge in [-0.15, -0.1) is 0 Å². The summed E-state index contributed by atoms with van der Waals surface area (Å²) < 4.78 is 45.9. The van der Waals surface area contributed by atoms with Crippen molar-refractivity contribution >= 4 is 10.0 Å². The number of hydrogen-bond donors (Lipinski definition) is 1. The van der Waals surface area contributed by atoms with Gasteiger partial charge in [0.2, 0.25) is 10.0 Å². The van der Waals surface area contributed by atoms with Crippen LogP contribution in [0.3, 0.4) is 0 Å². The predicted octanol–water partition coefficient (Wildman–Crippen LogP) is 2.84. The van der Waals surface area contributed by atoms with E-state index in [1.54, 1.807) is 30.3 Å². The molecule has 2 aromatic carbocycles. The Morgan fingerprint density at radius 2 is 1.78 bits per heavy atom. The van der Waals surface area contributed by atoms with Gasteiger partial charge in [0.15, 0.2) is 0 Å². The van der Waals surface area contributed by atoms with E-state index in [-0.39, 0.29) is 16.1 Å². The number of halogens is 1. The van der Waals surface area contributed by atoms with E-state index in [1.807, 2.05) is 0 Å². The van der Waals surface area contributed by atoms with Crippen LogP contribution in [0.5, 0.6) is 5.75 Å². The maximum atomic E-state index is 13.0. The summed E-state index contributed by atoms with van der Waals surface area (Å²) in [4.78, 5) is 0.123. The fraction of sp³-hybridized carbons (Fsp3) is 0.294. The second kappa shape index (κ2) is 5.94. The number of sulfonamides is 1. The Morgan fingerprint density at radius 3 is 2.39 bits per heavy atom. The highest BCUT2D eigenvalue weighted by atomic mass is 32.2. The van der Waals surface area contributed by atoms with Crippen molar-refractivity contribution in [2.45, 2.75) is 23.2 Å². The van der Waals surface area contributed by atoms with Gasteiger partial charge in [-0.2, -0.15) is 0 Å². The summed E-state index contributed by atoms with van der Waals surface area (Å²) in [5.74, 6) is 0.0192. The molecule has 1 N–H and O–H groups in total. The third-order valence-electron chi connectivity index (χ3n) is 4.27. The lowest BCUT2D eigenvalue weighted by molar-refractivity contribution is 0.402. The molecule has 0 saturated heterocycles. The first-order valence-corrected chi connectivity index (χ1v) is 8.84. The maximum absolute atomic E-state index is 13.0. The van der Waals surface area contributed by atoms with E-state index in [0.717, 1.165) is 18.4 Å². The zero-order valence-corrected chi connectivity index (χ0v) is 13.6. The van der Waals surface area contributed by atoms with E-state index in [9.17, 15) is 12.8 Å². The van der Waals surface area contributed by atoms with E-state index in [1.165, 1.54) is 25.3 Å². The molecule has 0 aliphatic heterocycles. The Labute approximate surface area is 135 Å². The minimum absolute atomic E-state index is 0.123. The van der Waals surface area contributed by atoms with Crippen molar-refractivity contribution in [2.75, 3.05) is 13.7 Å². The van der Waals surface area contributed by atoms with Gasteiger partial charge < -0.3 is 4.74 Å². The molecule has 0 radical (unpaired) electrons. The lowest BCUT2D eigenvalue weighted by Crippen LogP contribution is -2.32. The number of rotatable bonds is 6. The molecule has 4 nitrogen and oxygen atoms in total. The summed E-state index contributed by atoms with van der Waals surface area (Å²) in [6.07, 6.45) is 1.76. The zero-order valence-electron chi connectivity index (χ0n) is 12.8. The lowest BCUT2D eigenvalue weighted by Gasteiger charge is -2.17. The Morgan fingerprint density at radius 1 is 1.13 bits per heavy atom. The van der Waals surface area contributed by atoms with Crippen LogP contribution >= 0.6 is 0 Å². The van der Waals surface area contributed by atoms with Gasteiger partial charge in [0.25, 0.3) is 0 Å². The van der Waals surface area contributed by atoms with Gasteiger partial charge in [-0.1, -0.05) is 24.3 Å². The van der Waals surface area contributed by atoms with Gasteiger partial charge >= 0.3 is 0 Å². The van der Waals surface area contributed by atoms with Crippen LogP contribution in [0.4, 0.5) is 4.39 Å². The summed E-state index contributed by atoms with van der Waals surface area (Å²) >= 11 is 0. The second-order valence-corrected chi connectivity index (χ2v) is 7.50. The van der Waals surface area contributed by atoms with Crippen LogP contribution in [-0.2, 0) is 15.4 Å². The van der Waals surface area contributed by atoms with Crippen LogP contribution in [0.25, 0.3) is 0 Å². The Balaban J connectivity index is 1.78. The summed E-state index contributed by atoms with van der Waals surface area (Å²) in [5.41, 5.74) is 0.726. The topological polar surface area (TPSA) is 55.4 Å². The fourth-order valence-corrected chi connectivity index (χ4v) is 3.97. The third-order valence-corrected chi connectivity index (χ3v) is 5.71. The molecule has 3 rings (SSSR count). The Bertz CT molecular complexity index is 799. The van der Waals surface area contributed by atoms with Crippen LogP contribution in [0.2, 0.25) is 0 Å². The van der Waals surface area contributed by atoms with E-state index in [4.69, 9.17) is 4.74 Å². The molecule has 6 heteroatoms. The summed E-state index contributed by atoms with van der Waals surface area (Å²) in [6.45, 7) is 0.291. The van der Waals surface area contributed by atoms with Gasteiger partial charge in [0.1, 0.15) is 16.5 Å². The molecule has 0 unspecified atom stereocenters. The van der Waals surface area contributed by atoms with Crippen LogP contribution in [0.1, 0.15) is 18.4 Å². The van der Waals surface area contributed by atoms with Crippen molar-refractivity contribution in [2.24, 2.45) is 0 Å². The highest BCUT2D eigenvalue weighted by Crippen LogP contribution is 2.47. The fourth-order valence-electron chi connectivity index (χ4n) is 2.67. The Hall–Kier alpha value is -1.92. The first kappa shape index (κ1) is 16.0. The van der Waals surface area contributed by atoms with E-state index in [0.29, 0.717) is 12.3 Å². The van der Waals surface area contributed by atoms with Crippen molar-refractivity contribution in [3.8, 4) is 5.75 Å². The zero-order chi connectivity index (χ0) is 16.5. The van der Waals surface area contributed by atoms with Gasteiger partial charge in [0, 0.05) is 12.0 Å². The lowest BCUT2D eigenvalue weighted by atomic mass is 9.96. The molecule has 23 heavy (non-hydrogen) atoms. The summed E-state index contributed by atoms with van der Waals surface area (Å²) in [6, 6.07) is 12.8. The second-order valence-electron chi connectivity index (χ2n) is 5.76.